The van der Waals surface area contributed by atoms with Crippen molar-refractivity contribution in [1.82, 2.24) is 4.72 Å². The number of sulfonamides is 1. The van der Waals surface area contributed by atoms with Gasteiger partial charge in [-0.1, -0.05) is 31.2 Å². The molecule has 1 heterocycles. The van der Waals surface area contributed by atoms with Gasteiger partial charge in [-0.15, -0.1) is 0 Å². The van der Waals surface area contributed by atoms with Gasteiger partial charge in [-0.2, -0.15) is 0 Å². The third kappa shape index (κ3) is 3.53. The first-order chi connectivity index (χ1) is 9.97. The van der Waals surface area contributed by atoms with Crippen molar-refractivity contribution < 1.29 is 17.9 Å². The quantitative estimate of drug-likeness (QED) is 0.856. The van der Waals surface area contributed by atoms with Crippen LogP contribution in [0.25, 0.3) is 0 Å². The maximum atomic E-state index is 12.3. The second-order valence-electron chi connectivity index (χ2n) is 4.74. The van der Waals surface area contributed by atoms with Gasteiger partial charge in [0.2, 0.25) is 10.0 Å². The van der Waals surface area contributed by atoms with Crippen molar-refractivity contribution in [3.63, 3.8) is 0 Å². The van der Waals surface area contributed by atoms with Crippen LogP contribution in [0.1, 0.15) is 29.6 Å². The second kappa shape index (κ2) is 6.43. The van der Waals surface area contributed by atoms with Crippen molar-refractivity contribution in [3.05, 3.63) is 53.0 Å². The molecule has 6 heteroatoms. The Kier molecular flexibility index (Phi) is 4.82. The molecule has 0 saturated carbocycles. The summed E-state index contributed by atoms with van der Waals surface area (Å²) >= 11 is 0. The first-order valence-electron chi connectivity index (χ1n) is 6.74. The van der Waals surface area contributed by atoms with E-state index in [1.165, 1.54) is 6.07 Å². The molecule has 0 aliphatic heterocycles. The van der Waals surface area contributed by atoms with E-state index < -0.39 is 10.0 Å². The number of rotatable bonds is 6. The first-order valence-corrected chi connectivity index (χ1v) is 8.23. The Morgan fingerprint density at radius 1 is 1.24 bits per heavy atom. The number of nitrogens with one attached hydrogen (secondary N) is 1. The highest BCUT2D eigenvalue weighted by Crippen LogP contribution is 2.20. The minimum absolute atomic E-state index is 0.0699. The van der Waals surface area contributed by atoms with E-state index in [0.717, 1.165) is 17.5 Å². The summed E-state index contributed by atoms with van der Waals surface area (Å²) in [6.45, 7) is 3.50. The van der Waals surface area contributed by atoms with Crippen molar-refractivity contribution in [2.75, 3.05) is 0 Å². The highest BCUT2D eigenvalue weighted by Gasteiger charge is 2.21. The van der Waals surface area contributed by atoms with Crippen molar-refractivity contribution in [3.8, 4) is 0 Å². The second-order valence-corrected chi connectivity index (χ2v) is 6.47. The van der Waals surface area contributed by atoms with Crippen molar-refractivity contribution >= 4 is 10.0 Å². The lowest BCUT2D eigenvalue weighted by Gasteiger charge is -2.09. The van der Waals surface area contributed by atoms with Gasteiger partial charge in [-0.05, 0) is 24.5 Å². The molecule has 0 bridgehead atoms. The lowest BCUT2D eigenvalue weighted by Crippen LogP contribution is -2.24. The maximum absolute atomic E-state index is 12.3. The molecule has 0 saturated heterocycles. The third-order valence-electron chi connectivity index (χ3n) is 3.32. The Hall–Kier alpha value is -1.63. The Balaban J connectivity index is 2.20. The zero-order valence-electron chi connectivity index (χ0n) is 12.1. The van der Waals surface area contributed by atoms with Gasteiger partial charge in [-0.25, -0.2) is 13.1 Å². The molecular weight excluding hydrogens is 290 g/mol. The summed E-state index contributed by atoms with van der Waals surface area (Å²) < 4.78 is 32.4. The molecule has 5 nitrogen and oxygen atoms in total. The van der Waals surface area contributed by atoms with Crippen LogP contribution in [0.15, 0.2) is 39.6 Å². The lowest BCUT2D eigenvalue weighted by atomic mass is 10.1. The van der Waals surface area contributed by atoms with E-state index in [0.29, 0.717) is 0 Å². The molecule has 114 valence electrons. The zero-order chi connectivity index (χ0) is 15.5. The van der Waals surface area contributed by atoms with Crippen LogP contribution in [-0.4, -0.2) is 13.5 Å². The first kappa shape index (κ1) is 15.8. The van der Waals surface area contributed by atoms with E-state index in [2.05, 4.69) is 4.72 Å². The highest BCUT2D eigenvalue weighted by atomic mass is 32.2. The molecule has 0 fully saturated rings. The highest BCUT2D eigenvalue weighted by molar-refractivity contribution is 7.89. The SMILES string of the molecule is CCc1ccccc1CNS(=O)(=O)c1cc(CO)oc1C. The molecule has 1 aromatic carbocycles. The average Bonchev–Trinajstić information content (AvgIpc) is 2.87. The number of furan rings is 1. The average molecular weight is 309 g/mol. The molecular formula is C15H19NO4S. The van der Waals surface area contributed by atoms with Crippen molar-refractivity contribution in [2.24, 2.45) is 0 Å². The summed E-state index contributed by atoms with van der Waals surface area (Å²) in [5, 5.41) is 9.01. The molecule has 1 aromatic heterocycles. The minimum atomic E-state index is -3.66. The van der Waals surface area contributed by atoms with E-state index >= 15 is 0 Å². The van der Waals surface area contributed by atoms with Gasteiger partial charge in [0.1, 0.15) is 23.0 Å². The third-order valence-corrected chi connectivity index (χ3v) is 4.83. The molecule has 2 aromatic rings. The standard InChI is InChI=1S/C15H19NO4S/c1-3-12-6-4-5-7-13(12)9-16-21(18,19)15-8-14(10-17)20-11(15)2/h4-8,16-17H,3,9-10H2,1-2H3. The van der Waals surface area contributed by atoms with Gasteiger partial charge < -0.3 is 9.52 Å². The number of aliphatic hydroxyl groups is 1. The van der Waals surface area contributed by atoms with Gasteiger partial charge in [-0.3, -0.25) is 0 Å². The predicted molar refractivity (Wildman–Crippen MR) is 79.2 cm³/mol. The van der Waals surface area contributed by atoms with E-state index in [1.54, 1.807) is 6.92 Å². The fraction of sp³-hybridized carbons (Fsp3) is 0.333. The van der Waals surface area contributed by atoms with Crippen LogP contribution in [-0.2, 0) is 29.6 Å². The molecule has 0 amide bonds. The molecule has 0 atom stereocenters. The van der Waals surface area contributed by atoms with Gasteiger partial charge in [0.15, 0.2) is 0 Å². The summed E-state index contributed by atoms with van der Waals surface area (Å²) in [7, 11) is -3.66. The molecule has 0 radical (unpaired) electrons. The monoisotopic (exact) mass is 309 g/mol. The topological polar surface area (TPSA) is 79.5 Å². The van der Waals surface area contributed by atoms with Crippen LogP contribution in [0.3, 0.4) is 0 Å². The normalized spacial score (nSPS) is 11.8. The summed E-state index contributed by atoms with van der Waals surface area (Å²) in [4.78, 5) is 0.0699. The smallest absolute Gasteiger partial charge is 0.244 e. The van der Waals surface area contributed by atoms with Crippen LogP contribution in [0.2, 0.25) is 0 Å². The van der Waals surface area contributed by atoms with E-state index in [-0.39, 0.29) is 29.6 Å². The predicted octanol–water partition coefficient (Wildman–Crippen LogP) is 2.12. The molecule has 0 unspecified atom stereocenters. The van der Waals surface area contributed by atoms with E-state index in [1.807, 2.05) is 31.2 Å². The van der Waals surface area contributed by atoms with Crippen molar-refractivity contribution in [2.45, 2.75) is 38.3 Å². The van der Waals surface area contributed by atoms with Crippen LogP contribution >= 0.6 is 0 Å². The molecule has 0 aliphatic carbocycles. The van der Waals surface area contributed by atoms with E-state index in [9.17, 15) is 8.42 Å². The Bertz CT molecular complexity index is 719. The fourth-order valence-corrected chi connectivity index (χ4v) is 3.40. The van der Waals surface area contributed by atoms with Crippen LogP contribution in [0.4, 0.5) is 0 Å². The number of benzene rings is 1. The number of hydrogen-bond donors (Lipinski definition) is 2. The summed E-state index contributed by atoms with van der Waals surface area (Å²) in [6, 6.07) is 9.06. The van der Waals surface area contributed by atoms with Crippen LogP contribution < -0.4 is 4.72 Å². The number of aliphatic hydroxyl groups excluding tert-OH is 1. The molecule has 21 heavy (non-hydrogen) atoms. The summed E-state index contributed by atoms with van der Waals surface area (Å²) in [6.07, 6.45) is 0.845. The van der Waals surface area contributed by atoms with E-state index in [4.69, 9.17) is 9.52 Å². The van der Waals surface area contributed by atoms with Crippen molar-refractivity contribution in [1.29, 1.82) is 0 Å². The summed E-state index contributed by atoms with van der Waals surface area (Å²) in [5.41, 5.74) is 2.06. The Labute approximate surface area is 124 Å². The Morgan fingerprint density at radius 3 is 2.48 bits per heavy atom. The Morgan fingerprint density at radius 2 is 1.90 bits per heavy atom. The lowest BCUT2D eigenvalue weighted by molar-refractivity contribution is 0.244. The number of aryl methyl sites for hydroxylation is 2. The van der Waals surface area contributed by atoms with Crippen LogP contribution in [0.5, 0.6) is 0 Å². The fourth-order valence-electron chi connectivity index (χ4n) is 2.19. The van der Waals surface area contributed by atoms with Gasteiger partial charge in [0.05, 0.1) is 0 Å². The minimum Gasteiger partial charge on any atom is -0.462 e. The largest absolute Gasteiger partial charge is 0.462 e. The van der Waals surface area contributed by atoms with Crippen LogP contribution in [0, 0.1) is 6.92 Å². The molecule has 0 spiro atoms. The molecule has 2 rings (SSSR count). The van der Waals surface area contributed by atoms with Gasteiger partial charge in [0, 0.05) is 12.6 Å². The van der Waals surface area contributed by atoms with Gasteiger partial charge >= 0.3 is 0 Å². The van der Waals surface area contributed by atoms with Gasteiger partial charge in [0.25, 0.3) is 0 Å². The summed E-state index contributed by atoms with van der Waals surface area (Å²) in [5.74, 6) is 0.511. The zero-order valence-corrected chi connectivity index (χ0v) is 12.9. The maximum Gasteiger partial charge on any atom is 0.244 e. The molecule has 0 aliphatic rings. The number of hydrogen-bond acceptors (Lipinski definition) is 4. The molecule has 2 N–H and O–H groups in total.